The zero-order chi connectivity index (χ0) is 23.7. The third-order valence-corrected chi connectivity index (χ3v) is 6.86. The van der Waals surface area contributed by atoms with Gasteiger partial charge in [0.05, 0.1) is 17.7 Å². The van der Waals surface area contributed by atoms with Crippen molar-refractivity contribution in [3.63, 3.8) is 0 Å². The number of aryl methyl sites for hydroxylation is 1. The molecule has 9 nitrogen and oxygen atoms in total. The lowest BCUT2D eigenvalue weighted by atomic mass is 10.2. The van der Waals surface area contributed by atoms with Crippen LogP contribution in [0, 0.1) is 6.92 Å². The van der Waals surface area contributed by atoms with Gasteiger partial charge in [0.1, 0.15) is 5.75 Å². The molecule has 0 aliphatic rings. The molecule has 0 saturated carbocycles. The van der Waals surface area contributed by atoms with Crippen molar-refractivity contribution in [3.05, 3.63) is 48.0 Å². The molecule has 0 atom stereocenters. The molecule has 0 aliphatic carbocycles. The third kappa shape index (κ3) is 6.44. The molecule has 0 unspecified atom stereocenters. The zero-order valence-corrected chi connectivity index (χ0v) is 19.6. The number of nitrogens with one attached hydrogen (secondary N) is 3. The molecule has 2 aromatic rings. The predicted octanol–water partition coefficient (Wildman–Crippen LogP) is 3.18. The lowest BCUT2D eigenvalue weighted by Crippen LogP contribution is -2.32. The first kappa shape index (κ1) is 25.2. The van der Waals surface area contributed by atoms with Crippen LogP contribution in [0.3, 0.4) is 0 Å². The Labute approximate surface area is 189 Å². The number of benzene rings is 2. The molecule has 0 aromatic heterocycles. The van der Waals surface area contributed by atoms with Crippen molar-refractivity contribution in [2.75, 3.05) is 37.4 Å². The lowest BCUT2D eigenvalue weighted by Gasteiger charge is -2.19. The van der Waals surface area contributed by atoms with Gasteiger partial charge in [-0.3, -0.25) is 4.79 Å². The summed E-state index contributed by atoms with van der Waals surface area (Å²) in [5, 5.41) is 8.01. The molecule has 0 radical (unpaired) electrons. The predicted molar refractivity (Wildman–Crippen MR) is 125 cm³/mol. The van der Waals surface area contributed by atoms with E-state index in [0.717, 1.165) is 5.56 Å². The Balaban J connectivity index is 2.00. The molecule has 174 valence electrons. The summed E-state index contributed by atoms with van der Waals surface area (Å²) in [6.45, 7) is 6.17. The van der Waals surface area contributed by atoms with Crippen LogP contribution in [0.25, 0.3) is 0 Å². The molecular formula is C22H30N4O5S. The van der Waals surface area contributed by atoms with Gasteiger partial charge in [0.15, 0.2) is 0 Å². The normalized spacial score (nSPS) is 11.2. The topological polar surface area (TPSA) is 117 Å². The number of methoxy groups -OCH3 is 1. The number of carbonyl (C=O) groups excluding carboxylic acids is 2. The number of sulfonamides is 1. The van der Waals surface area contributed by atoms with Gasteiger partial charge in [0, 0.05) is 31.7 Å². The summed E-state index contributed by atoms with van der Waals surface area (Å²) in [6, 6.07) is 11.3. The SMILES string of the molecule is CCN(CC)S(=O)(=O)c1ccc(OC)c(NC(=O)CCNC(=O)Nc2ccccc2C)c1. The van der Waals surface area contributed by atoms with E-state index < -0.39 is 22.0 Å². The molecule has 3 N–H and O–H groups in total. The van der Waals surface area contributed by atoms with Gasteiger partial charge in [0.25, 0.3) is 0 Å². The van der Waals surface area contributed by atoms with Crippen molar-refractivity contribution in [1.82, 2.24) is 9.62 Å². The Morgan fingerprint density at radius 2 is 1.69 bits per heavy atom. The first-order valence-corrected chi connectivity index (χ1v) is 11.7. The summed E-state index contributed by atoms with van der Waals surface area (Å²) < 4.78 is 32.1. The Morgan fingerprint density at radius 1 is 1.00 bits per heavy atom. The summed E-state index contributed by atoms with van der Waals surface area (Å²) in [5.74, 6) is -0.0565. The fourth-order valence-electron chi connectivity index (χ4n) is 3.04. The Kier molecular flexibility index (Phi) is 9.03. The number of nitrogens with zero attached hydrogens (tertiary/aromatic N) is 1. The Bertz CT molecular complexity index is 1050. The minimum atomic E-state index is -3.68. The van der Waals surface area contributed by atoms with Crippen molar-refractivity contribution in [2.24, 2.45) is 0 Å². The number of anilines is 2. The quantitative estimate of drug-likeness (QED) is 0.501. The van der Waals surface area contributed by atoms with Gasteiger partial charge < -0.3 is 20.7 Å². The molecule has 32 heavy (non-hydrogen) atoms. The van der Waals surface area contributed by atoms with Gasteiger partial charge >= 0.3 is 6.03 Å². The number of carbonyl (C=O) groups is 2. The van der Waals surface area contributed by atoms with Gasteiger partial charge in [-0.15, -0.1) is 0 Å². The first-order valence-electron chi connectivity index (χ1n) is 10.3. The second-order valence-electron chi connectivity index (χ2n) is 6.95. The fraction of sp³-hybridized carbons (Fsp3) is 0.364. The van der Waals surface area contributed by atoms with Crippen LogP contribution in [0.1, 0.15) is 25.8 Å². The second kappa shape index (κ2) is 11.5. The Morgan fingerprint density at radius 3 is 2.31 bits per heavy atom. The number of urea groups is 1. The smallest absolute Gasteiger partial charge is 0.319 e. The monoisotopic (exact) mass is 462 g/mol. The van der Waals surface area contributed by atoms with Crippen LogP contribution < -0.4 is 20.7 Å². The molecule has 0 spiro atoms. The van der Waals surface area contributed by atoms with Crippen LogP contribution in [0.4, 0.5) is 16.2 Å². The molecule has 3 amide bonds. The van der Waals surface area contributed by atoms with Gasteiger partial charge in [-0.2, -0.15) is 4.31 Å². The summed E-state index contributed by atoms with van der Waals surface area (Å²) in [4.78, 5) is 24.5. The van der Waals surface area contributed by atoms with E-state index in [1.165, 1.54) is 29.6 Å². The van der Waals surface area contributed by atoms with Crippen LogP contribution in [0.15, 0.2) is 47.4 Å². The maximum Gasteiger partial charge on any atom is 0.319 e. The summed E-state index contributed by atoms with van der Waals surface area (Å²) in [6.07, 6.45) is -0.00261. The summed E-state index contributed by atoms with van der Waals surface area (Å²) in [5.41, 5.74) is 1.85. The average Bonchev–Trinajstić information content (AvgIpc) is 2.76. The van der Waals surface area contributed by atoms with E-state index in [2.05, 4.69) is 16.0 Å². The van der Waals surface area contributed by atoms with E-state index in [1.807, 2.05) is 25.1 Å². The van der Waals surface area contributed by atoms with Gasteiger partial charge in [-0.05, 0) is 36.8 Å². The van der Waals surface area contributed by atoms with Gasteiger partial charge in [-0.1, -0.05) is 32.0 Å². The summed E-state index contributed by atoms with van der Waals surface area (Å²) in [7, 11) is -2.25. The Hall–Kier alpha value is -3.11. The number of ether oxygens (including phenoxy) is 1. The van der Waals surface area contributed by atoms with Crippen molar-refractivity contribution >= 4 is 33.3 Å². The molecule has 10 heteroatoms. The second-order valence-corrected chi connectivity index (χ2v) is 8.88. The molecule has 0 heterocycles. The van der Waals surface area contributed by atoms with Crippen LogP contribution in [0.2, 0.25) is 0 Å². The average molecular weight is 463 g/mol. The number of para-hydroxylation sites is 1. The van der Waals surface area contributed by atoms with Crippen LogP contribution in [-0.4, -0.2) is 51.4 Å². The van der Waals surface area contributed by atoms with Gasteiger partial charge in [0.2, 0.25) is 15.9 Å². The van der Waals surface area contributed by atoms with E-state index in [4.69, 9.17) is 4.74 Å². The standard InChI is InChI=1S/C22H30N4O5S/c1-5-26(6-2)32(29,30)17-11-12-20(31-4)19(15-17)24-21(27)13-14-23-22(28)25-18-10-8-7-9-16(18)3/h7-12,15H,5-6,13-14H2,1-4H3,(H,24,27)(H2,23,25,28). The van der Waals surface area contributed by atoms with E-state index >= 15 is 0 Å². The number of hydrogen-bond acceptors (Lipinski definition) is 5. The molecule has 0 bridgehead atoms. The van der Waals surface area contributed by atoms with E-state index in [-0.39, 0.29) is 23.5 Å². The highest BCUT2D eigenvalue weighted by molar-refractivity contribution is 7.89. The molecular weight excluding hydrogens is 432 g/mol. The first-order chi connectivity index (χ1) is 15.2. The van der Waals surface area contributed by atoms with Crippen molar-refractivity contribution in [3.8, 4) is 5.75 Å². The van der Waals surface area contributed by atoms with Gasteiger partial charge in [-0.25, -0.2) is 13.2 Å². The number of amides is 3. The van der Waals surface area contributed by atoms with Crippen molar-refractivity contribution in [1.29, 1.82) is 0 Å². The van der Waals surface area contributed by atoms with E-state index in [0.29, 0.717) is 24.5 Å². The van der Waals surface area contributed by atoms with Crippen LogP contribution in [0.5, 0.6) is 5.75 Å². The highest BCUT2D eigenvalue weighted by atomic mass is 32.2. The molecule has 0 saturated heterocycles. The van der Waals surface area contributed by atoms with Crippen LogP contribution >= 0.6 is 0 Å². The molecule has 2 aromatic carbocycles. The minimum Gasteiger partial charge on any atom is -0.495 e. The largest absolute Gasteiger partial charge is 0.495 e. The minimum absolute atomic E-state index is 0.00261. The fourth-order valence-corrected chi connectivity index (χ4v) is 4.52. The third-order valence-electron chi connectivity index (χ3n) is 4.82. The molecule has 0 fully saturated rings. The maximum absolute atomic E-state index is 12.8. The molecule has 2 rings (SSSR count). The van der Waals surface area contributed by atoms with Crippen molar-refractivity contribution < 1.29 is 22.7 Å². The zero-order valence-electron chi connectivity index (χ0n) is 18.8. The highest BCUT2D eigenvalue weighted by Gasteiger charge is 2.23. The summed E-state index contributed by atoms with van der Waals surface area (Å²) >= 11 is 0. The van der Waals surface area contributed by atoms with Crippen LogP contribution in [-0.2, 0) is 14.8 Å². The van der Waals surface area contributed by atoms with E-state index in [1.54, 1.807) is 19.9 Å². The number of hydrogen-bond donors (Lipinski definition) is 3. The highest BCUT2D eigenvalue weighted by Crippen LogP contribution is 2.29. The lowest BCUT2D eigenvalue weighted by molar-refractivity contribution is -0.116. The maximum atomic E-state index is 12.8. The van der Waals surface area contributed by atoms with Crippen molar-refractivity contribution in [2.45, 2.75) is 32.1 Å². The number of rotatable bonds is 10. The molecule has 0 aliphatic heterocycles. The van der Waals surface area contributed by atoms with E-state index in [9.17, 15) is 18.0 Å².